The summed E-state index contributed by atoms with van der Waals surface area (Å²) >= 11 is 0. The smallest absolute Gasteiger partial charge is 0.273 e. The fourth-order valence-corrected chi connectivity index (χ4v) is 2.04. The number of carbonyl (C=O) groups is 1. The van der Waals surface area contributed by atoms with E-state index in [0.717, 1.165) is 11.3 Å². The second-order valence-electron chi connectivity index (χ2n) is 5.56. The van der Waals surface area contributed by atoms with E-state index in [4.69, 9.17) is 14.9 Å². The molecule has 0 radical (unpaired) electrons. The SMILES string of the molecule is CCOc1ccccc1CNC(=O)c1coc(C(N)C(C)C)n1. The van der Waals surface area contributed by atoms with Crippen LogP contribution < -0.4 is 15.8 Å². The van der Waals surface area contributed by atoms with Crippen LogP contribution >= 0.6 is 0 Å². The third kappa shape index (κ3) is 4.32. The van der Waals surface area contributed by atoms with Crippen molar-refractivity contribution in [3.63, 3.8) is 0 Å². The molecule has 0 fully saturated rings. The summed E-state index contributed by atoms with van der Waals surface area (Å²) in [7, 11) is 0. The van der Waals surface area contributed by atoms with Crippen LogP contribution in [0.25, 0.3) is 0 Å². The molecule has 2 rings (SSSR count). The van der Waals surface area contributed by atoms with Gasteiger partial charge in [-0.3, -0.25) is 4.79 Å². The summed E-state index contributed by atoms with van der Waals surface area (Å²) in [5, 5.41) is 2.81. The topological polar surface area (TPSA) is 90.4 Å². The van der Waals surface area contributed by atoms with Crippen LogP contribution in [0.3, 0.4) is 0 Å². The molecule has 124 valence electrons. The first kappa shape index (κ1) is 17.0. The fraction of sp³-hybridized carbons (Fsp3) is 0.412. The largest absolute Gasteiger partial charge is 0.494 e. The van der Waals surface area contributed by atoms with Crippen LogP contribution in [0.15, 0.2) is 34.9 Å². The summed E-state index contributed by atoms with van der Waals surface area (Å²) in [6.07, 6.45) is 1.33. The molecule has 3 N–H and O–H groups in total. The molecule has 1 unspecified atom stereocenters. The second-order valence-corrected chi connectivity index (χ2v) is 5.56. The Kier molecular flexibility index (Phi) is 5.76. The molecule has 2 aromatic rings. The number of nitrogens with zero attached hydrogens (tertiary/aromatic N) is 1. The first-order chi connectivity index (χ1) is 11.0. The van der Waals surface area contributed by atoms with Crippen molar-refractivity contribution in [3.05, 3.63) is 47.7 Å². The van der Waals surface area contributed by atoms with Gasteiger partial charge >= 0.3 is 0 Å². The lowest BCUT2D eigenvalue weighted by molar-refractivity contribution is 0.0945. The zero-order chi connectivity index (χ0) is 16.8. The van der Waals surface area contributed by atoms with Gasteiger partial charge in [0.1, 0.15) is 12.0 Å². The molecule has 23 heavy (non-hydrogen) atoms. The van der Waals surface area contributed by atoms with Gasteiger partial charge in [0.05, 0.1) is 12.6 Å². The maximum atomic E-state index is 12.2. The molecule has 0 aliphatic carbocycles. The molecule has 0 aliphatic rings. The molecule has 1 aromatic carbocycles. The summed E-state index contributed by atoms with van der Waals surface area (Å²) in [6, 6.07) is 7.26. The van der Waals surface area contributed by atoms with Crippen LogP contribution in [0.4, 0.5) is 0 Å². The highest BCUT2D eigenvalue weighted by atomic mass is 16.5. The monoisotopic (exact) mass is 317 g/mol. The Labute approximate surface area is 136 Å². The predicted octanol–water partition coefficient (Wildman–Crippen LogP) is 2.66. The lowest BCUT2D eigenvalue weighted by atomic mass is 10.1. The number of hydrogen-bond donors (Lipinski definition) is 2. The quantitative estimate of drug-likeness (QED) is 0.819. The Balaban J connectivity index is 2.00. The molecule has 0 bridgehead atoms. The molecule has 0 aliphatic heterocycles. The van der Waals surface area contributed by atoms with Gasteiger partial charge in [-0.1, -0.05) is 32.0 Å². The third-order valence-electron chi connectivity index (χ3n) is 3.47. The Morgan fingerprint density at radius 3 is 2.83 bits per heavy atom. The van der Waals surface area contributed by atoms with Crippen LogP contribution in [-0.4, -0.2) is 17.5 Å². The van der Waals surface area contributed by atoms with E-state index in [1.54, 1.807) is 0 Å². The number of nitrogens with one attached hydrogen (secondary N) is 1. The fourth-order valence-electron chi connectivity index (χ4n) is 2.04. The van der Waals surface area contributed by atoms with E-state index < -0.39 is 0 Å². The van der Waals surface area contributed by atoms with Gasteiger partial charge in [-0.25, -0.2) is 4.98 Å². The van der Waals surface area contributed by atoms with E-state index in [-0.39, 0.29) is 23.6 Å². The average Bonchev–Trinajstić information content (AvgIpc) is 3.03. The van der Waals surface area contributed by atoms with Crippen molar-refractivity contribution in [1.29, 1.82) is 0 Å². The van der Waals surface area contributed by atoms with E-state index in [9.17, 15) is 4.79 Å². The highest BCUT2D eigenvalue weighted by Crippen LogP contribution is 2.19. The Morgan fingerprint density at radius 1 is 1.39 bits per heavy atom. The maximum absolute atomic E-state index is 12.2. The Hall–Kier alpha value is -2.34. The van der Waals surface area contributed by atoms with Crippen LogP contribution in [0.2, 0.25) is 0 Å². The number of rotatable bonds is 7. The highest BCUT2D eigenvalue weighted by molar-refractivity contribution is 5.91. The van der Waals surface area contributed by atoms with Crippen LogP contribution in [0.1, 0.15) is 48.8 Å². The van der Waals surface area contributed by atoms with Crippen molar-refractivity contribution in [2.24, 2.45) is 11.7 Å². The van der Waals surface area contributed by atoms with E-state index in [2.05, 4.69) is 10.3 Å². The van der Waals surface area contributed by atoms with E-state index in [1.807, 2.05) is 45.0 Å². The summed E-state index contributed by atoms with van der Waals surface area (Å²) in [5.41, 5.74) is 7.10. The Morgan fingerprint density at radius 2 is 2.13 bits per heavy atom. The van der Waals surface area contributed by atoms with Crippen LogP contribution in [0.5, 0.6) is 5.75 Å². The molecule has 1 atom stereocenters. The van der Waals surface area contributed by atoms with Crippen LogP contribution in [-0.2, 0) is 6.54 Å². The maximum Gasteiger partial charge on any atom is 0.273 e. The van der Waals surface area contributed by atoms with Crippen molar-refractivity contribution < 1.29 is 13.9 Å². The van der Waals surface area contributed by atoms with Crippen LogP contribution in [0, 0.1) is 5.92 Å². The molecule has 1 amide bonds. The minimum Gasteiger partial charge on any atom is -0.494 e. The second kappa shape index (κ2) is 7.78. The van der Waals surface area contributed by atoms with Gasteiger partial charge in [0.2, 0.25) is 5.89 Å². The number of aromatic nitrogens is 1. The highest BCUT2D eigenvalue weighted by Gasteiger charge is 2.19. The summed E-state index contributed by atoms with van der Waals surface area (Å²) in [5.74, 6) is 1.02. The minimum atomic E-state index is -0.324. The van der Waals surface area contributed by atoms with E-state index in [0.29, 0.717) is 19.0 Å². The zero-order valence-corrected chi connectivity index (χ0v) is 13.7. The predicted molar refractivity (Wildman–Crippen MR) is 87.1 cm³/mol. The molecule has 1 aromatic heterocycles. The lowest BCUT2D eigenvalue weighted by Gasteiger charge is -2.10. The summed E-state index contributed by atoms with van der Waals surface area (Å²) in [4.78, 5) is 16.3. The van der Waals surface area contributed by atoms with Gasteiger partial charge in [0.15, 0.2) is 5.69 Å². The molecular formula is C17H23N3O3. The lowest BCUT2D eigenvalue weighted by Crippen LogP contribution is -2.24. The first-order valence-electron chi connectivity index (χ1n) is 7.72. The molecule has 0 saturated carbocycles. The standard InChI is InChI=1S/C17H23N3O3/c1-4-22-14-8-6-5-7-12(14)9-19-16(21)13-10-23-17(20-13)15(18)11(2)3/h5-8,10-11,15H,4,9,18H2,1-3H3,(H,19,21). The molecular weight excluding hydrogens is 294 g/mol. The number of oxazole rings is 1. The number of nitrogens with two attached hydrogens (primary N) is 1. The average molecular weight is 317 g/mol. The molecule has 0 saturated heterocycles. The number of para-hydroxylation sites is 1. The molecule has 6 nitrogen and oxygen atoms in total. The van der Waals surface area contributed by atoms with Gasteiger partial charge in [-0.2, -0.15) is 0 Å². The molecule has 0 spiro atoms. The number of amides is 1. The van der Waals surface area contributed by atoms with Crippen molar-refractivity contribution in [1.82, 2.24) is 10.3 Å². The van der Waals surface area contributed by atoms with Crippen molar-refractivity contribution in [3.8, 4) is 5.75 Å². The number of ether oxygens (including phenoxy) is 1. The first-order valence-corrected chi connectivity index (χ1v) is 7.72. The number of carbonyl (C=O) groups excluding carboxylic acids is 1. The van der Waals surface area contributed by atoms with Crippen molar-refractivity contribution in [2.75, 3.05) is 6.61 Å². The summed E-state index contributed by atoms with van der Waals surface area (Å²) in [6.45, 7) is 6.79. The molecule has 1 heterocycles. The van der Waals surface area contributed by atoms with Gasteiger partial charge < -0.3 is 20.2 Å². The van der Waals surface area contributed by atoms with E-state index in [1.165, 1.54) is 6.26 Å². The Bertz CT molecular complexity index is 652. The number of hydrogen-bond acceptors (Lipinski definition) is 5. The minimum absolute atomic E-state index is 0.183. The van der Waals surface area contributed by atoms with Gasteiger partial charge in [-0.15, -0.1) is 0 Å². The van der Waals surface area contributed by atoms with Crippen molar-refractivity contribution in [2.45, 2.75) is 33.4 Å². The third-order valence-corrected chi connectivity index (χ3v) is 3.47. The van der Waals surface area contributed by atoms with Gasteiger partial charge in [0, 0.05) is 12.1 Å². The van der Waals surface area contributed by atoms with Crippen molar-refractivity contribution >= 4 is 5.91 Å². The zero-order valence-electron chi connectivity index (χ0n) is 13.7. The van der Waals surface area contributed by atoms with Gasteiger partial charge in [0.25, 0.3) is 5.91 Å². The molecule has 6 heteroatoms. The number of benzene rings is 1. The normalized spacial score (nSPS) is 12.2. The summed E-state index contributed by atoms with van der Waals surface area (Å²) < 4.78 is 10.8. The van der Waals surface area contributed by atoms with E-state index >= 15 is 0 Å². The van der Waals surface area contributed by atoms with Gasteiger partial charge in [-0.05, 0) is 18.9 Å².